The fourth-order valence-electron chi connectivity index (χ4n) is 5.29. The van der Waals surface area contributed by atoms with Crippen LogP contribution in [0.25, 0.3) is 22.3 Å². The van der Waals surface area contributed by atoms with Gasteiger partial charge in [-0.3, -0.25) is 18.2 Å². The maximum atomic E-state index is 15.1. The highest BCUT2D eigenvalue weighted by Gasteiger charge is 2.49. The van der Waals surface area contributed by atoms with Crippen molar-refractivity contribution in [2.75, 3.05) is 36.9 Å². The third-order valence-corrected chi connectivity index (χ3v) is 8.09. The summed E-state index contributed by atoms with van der Waals surface area (Å²) in [5.41, 5.74) is 1.27. The molecule has 2 aliphatic heterocycles. The van der Waals surface area contributed by atoms with Crippen molar-refractivity contribution in [3.63, 3.8) is 0 Å². The summed E-state index contributed by atoms with van der Waals surface area (Å²) < 4.78 is 75.6. The number of alkyl halides is 2. The van der Waals surface area contributed by atoms with E-state index in [1.165, 1.54) is 34.4 Å². The molecule has 18 nitrogen and oxygen atoms in total. The van der Waals surface area contributed by atoms with E-state index in [0.717, 1.165) is 0 Å². The predicted octanol–water partition coefficient (Wildman–Crippen LogP) is 1.69. The maximum Gasteiger partial charge on any atom is 0.327 e. The molecule has 6 heterocycles. The van der Waals surface area contributed by atoms with Crippen LogP contribution in [0.4, 0.5) is 20.4 Å². The van der Waals surface area contributed by atoms with Gasteiger partial charge in [-0.1, -0.05) is 12.2 Å². The van der Waals surface area contributed by atoms with E-state index in [-0.39, 0.29) is 11.3 Å². The van der Waals surface area contributed by atoms with Gasteiger partial charge in [-0.05, 0) is 0 Å². The van der Waals surface area contributed by atoms with Crippen molar-refractivity contribution in [2.45, 2.75) is 49.2 Å². The third kappa shape index (κ3) is 6.05. The lowest BCUT2D eigenvalue weighted by molar-refractivity contribution is -0.0427. The van der Waals surface area contributed by atoms with E-state index in [4.69, 9.17) is 18.5 Å². The van der Waals surface area contributed by atoms with E-state index >= 15 is 8.78 Å². The van der Waals surface area contributed by atoms with Crippen molar-refractivity contribution in [2.24, 2.45) is 0 Å². The third-order valence-electron chi connectivity index (χ3n) is 7.43. The van der Waals surface area contributed by atoms with Gasteiger partial charge in [0.15, 0.2) is 58.8 Å². The summed E-state index contributed by atoms with van der Waals surface area (Å²) in [6.07, 6.45) is -1.54. The fraction of sp³-hybridized carbons (Fsp3) is 0.500. The minimum absolute atomic E-state index is 0.280. The van der Waals surface area contributed by atoms with Crippen LogP contribution in [-0.2, 0) is 27.7 Å². The van der Waals surface area contributed by atoms with E-state index in [9.17, 15) is 19.3 Å². The van der Waals surface area contributed by atoms with Crippen LogP contribution >= 0.6 is 17.4 Å². The van der Waals surface area contributed by atoms with Crippen LogP contribution in [0.2, 0.25) is 0 Å². The molecule has 6 rings (SSSR count). The van der Waals surface area contributed by atoms with E-state index < -0.39 is 79.8 Å². The largest absolute Gasteiger partial charge is 0.394 e. The number of hydrogen-bond acceptors (Lipinski definition) is 16. The number of aromatic nitrogens is 8. The summed E-state index contributed by atoms with van der Waals surface area (Å²) in [5.74, 6) is 0.766. The van der Waals surface area contributed by atoms with Gasteiger partial charge in [0.25, 0.3) is 0 Å². The smallest absolute Gasteiger partial charge is 0.327 e. The second-order valence-electron chi connectivity index (χ2n) is 10.00. The Balaban J connectivity index is 1.07. The number of rotatable bonds is 14. The first-order valence-electron chi connectivity index (χ1n) is 13.8. The second-order valence-corrected chi connectivity index (χ2v) is 10.7. The summed E-state index contributed by atoms with van der Waals surface area (Å²) >= 11 is 0. The average Bonchev–Trinajstić information content (AvgIpc) is 3.84. The molecular weight excluding hydrogens is 656 g/mol. The van der Waals surface area contributed by atoms with Crippen molar-refractivity contribution >= 4 is 51.3 Å². The highest BCUT2D eigenvalue weighted by atomic mass is 31.1. The molecule has 22 heteroatoms. The number of anilines is 2. The lowest BCUT2D eigenvalue weighted by Crippen LogP contribution is -2.31. The molecule has 0 amide bonds. The number of fused-ring (bicyclic) bond motifs is 2. The van der Waals surface area contributed by atoms with Gasteiger partial charge >= 0.3 is 17.4 Å². The number of halogens is 2. The van der Waals surface area contributed by atoms with E-state index in [0.29, 0.717) is 35.8 Å². The maximum absolute atomic E-state index is 15.1. The molecule has 0 saturated carbocycles. The second kappa shape index (κ2) is 14.4. The van der Waals surface area contributed by atoms with Crippen LogP contribution in [0, 0.1) is 0 Å². The number of ether oxygens (including phenoxy) is 2. The van der Waals surface area contributed by atoms with Gasteiger partial charge in [-0.2, -0.15) is 0 Å². The van der Waals surface area contributed by atoms with Crippen molar-refractivity contribution in [1.82, 2.24) is 39.0 Å². The topological polar surface area (TPSA) is 223 Å². The molecule has 46 heavy (non-hydrogen) atoms. The molecule has 244 valence electrons. The van der Waals surface area contributed by atoms with Gasteiger partial charge in [0, 0.05) is 13.1 Å². The van der Waals surface area contributed by atoms with Gasteiger partial charge in [0.05, 0.1) is 25.9 Å². The molecule has 0 radical (unpaired) electrons. The number of hydrogen-bond donors (Lipinski definition) is 4. The number of aliphatic hydroxyl groups excluding tert-OH is 2. The normalized spacial score (nSPS) is 28.3. The summed E-state index contributed by atoms with van der Waals surface area (Å²) in [7, 11) is -1.46. The number of imidazole rings is 2. The molecule has 0 spiro atoms. The Kier molecular flexibility index (Phi) is 10.1. The monoisotopic (exact) mass is 682 g/mol. The molecular formula is C24H26F2N10O8P2. The van der Waals surface area contributed by atoms with Crippen LogP contribution in [0.3, 0.4) is 0 Å². The van der Waals surface area contributed by atoms with Gasteiger partial charge < -0.3 is 30.3 Å². The number of nitrogens with zero attached hydrogens (tertiary/aromatic N) is 8. The van der Waals surface area contributed by atoms with Gasteiger partial charge in [-0.15, -0.1) is 0 Å². The first-order valence-corrected chi connectivity index (χ1v) is 15.2. The average molecular weight is 682 g/mol. The SMILES string of the molecule is O=PO[C@@H]1C(CO)O[C@@H](n2cnc3c(NC/C=C/CNc4ncnc5c4ncn5[C@@H]4OC(CO)[C@@H](OP=O)[C@H]4F)ncnc32)[C@@H]1F. The molecule has 8 atom stereocenters. The predicted molar refractivity (Wildman–Crippen MR) is 154 cm³/mol. The summed E-state index contributed by atoms with van der Waals surface area (Å²) in [6, 6.07) is 0. The first-order chi connectivity index (χ1) is 22.5. The van der Waals surface area contributed by atoms with Crippen LogP contribution in [-0.4, -0.2) is 112 Å². The van der Waals surface area contributed by atoms with Gasteiger partial charge in [-0.25, -0.2) is 47.8 Å². The molecule has 2 fully saturated rings. The molecule has 0 aromatic carbocycles. The van der Waals surface area contributed by atoms with Crippen molar-refractivity contribution < 1.29 is 46.6 Å². The fourth-order valence-corrected chi connectivity index (χ4v) is 6.00. The molecule has 4 aromatic rings. The van der Waals surface area contributed by atoms with Crippen LogP contribution in [0.15, 0.2) is 37.5 Å². The molecule has 4 N–H and O–H groups in total. The Bertz CT molecular complexity index is 1600. The molecule has 2 unspecified atom stereocenters. The lowest BCUT2D eigenvalue weighted by atomic mass is 10.1. The quantitative estimate of drug-likeness (QED) is 0.110. The zero-order valence-electron chi connectivity index (χ0n) is 23.5. The van der Waals surface area contributed by atoms with E-state index in [1.807, 2.05) is 12.2 Å². The Hall–Kier alpha value is -3.74. The first kappa shape index (κ1) is 32.2. The lowest BCUT2D eigenvalue weighted by Gasteiger charge is -2.15. The van der Waals surface area contributed by atoms with Crippen molar-refractivity contribution in [1.29, 1.82) is 0 Å². The zero-order chi connectivity index (χ0) is 32.2. The summed E-state index contributed by atoms with van der Waals surface area (Å²) in [6.45, 7) is -0.390. The number of aliphatic hydroxyl groups is 2. The number of nitrogens with one attached hydrogen (secondary N) is 2. The summed E-state index contributed by atoms with van der Waals surface area (Å²) in [4.78, 5) is 25.4. The van der Waals surface area contributed by atoms with Gasteiger partial charge in [0.2, 0.25) is 0 Å². The van der Waals surface area contributed by atoms with E-state index in [1.54, 1.807) is 0 Å². The highest BCUT2D eigenvalue weighted by molar-refractivity contribution is 7.17. The van der Waals surface area contributed by atoms with Crippen LogP contribution < -0.4 is 10.6 Å². The van der Waals surface area contributed by atoms with Crippen molar-refractivity contribution in [3.05, 3.63) is 37.5 Å². The molecule has 4 aromatic heterocycles. The molecule has 0 bridgehead atoms. The Morgan fingerprint density at radius 3 is 1.59 bits per heavy atom. The Morgan fingerprint density at radius 2 is 1.20 bits per heavy atom. The molecule has 2 aliphatic rings. The van der Waals surface area contributed by atoms with Gasteiger partial charge in [0.1, 0.15) is 37.1 Å². The summed E-state index contributed by atoms with van der Waals surface area (Å²) in [5, 5.41) is 25.3. The van der Waals surface area contributed by atoms with E-state index in [2.05, 4.69) is 40.5 Å². The molecule has 2 saturated heterocycles. The van der Waals surface area contributed by atoms with Crippen molar-refractivity contribution in [3.8, 4) is 0 Å². The van der Waals surface area contributed by atoms with Crippen LogP contribution in [0.1, 0.15) is 12.5 Å². The molecule has 0 aliphatic carbocycles. The minimum Gasteiger partial charge on any atom is -0.394 e. The van der Waals surface area contributed by atoms with Crippen LogP contribution in [0.5, 0.6) is 0 Å². The minimum atomic E-state index is -1.74. The zero-order valence-corrected chi connectivity index (χ0v) is 25.3. The Morgan fingerprint density at radius 1 is 0.761 bits per heavy atom. The Labute approximate surface area is 260 Å². The highest BCUT2D eigenvalue weighted by Crippen LogP contribution is 2.38. The standard InChI is InChI=1S/C24H26F2N10O8P2/c25-13-17(43-45-39)11(5-37)41-23(13)35-9-33-15-19(29-7-31-21(15)35)27-3-1-2-4-28-20-16-22(32-8-30-20)36(10-34-16)24-14(26)18(44-46-40)12(6-38)42-24/h1-2,7-14,17-18,23-24,37-38H,3-6H2,(H,27,29,31)(H,28,30,32)/b2-1+/t11?,12?,13-,14-,17-,18-,23-,24-/m1/s1.